The van der Waals surface area contributed by atoms with Crippen LogP contribution in [0.2, 0.25) is 0 Å². The van der Waals surface area contributed by atoms with Crippen LogP contribution in [0.1, 0.15) is 153 Å². The van der Waals surface area contributed by atoms with E-state index in [2.05, 4.69) is 25.9 Å². The summed E-state index contributed by atoms with van der Waals surface area (Å²) in [5, 5.41) is 28.5. The maximum absolute atomic E-state index is 12.4. The molecule has 0 aromatic carbocycles. The average Bonchev–Trinajstić information content (AvgIpc) is 3.89. The van der Waals surface area contributed by atoms with E-state index in [1.807, 2.05) is 0 Å². The molecular weight excluding hydrogens is 690 g/mol. The number of Topliss-reactive ketones (excluding diaryl/α,β-unsaturated/α-hetero) is 1. The van der Waals surface area contributed by atoms with E-state index in [1.165, 1.54) is 77.0 Å². The monoisotopic (exact) mass is 764 g/mol. The largest absolute Gasteiger partial charge is 0.480 e. The van der Waals surface area contributed by atoms with Crippen LogP contribution >= 0.6 is 0 Å². The molecule has 3 unspecified atom stereocenters. The predicted octanol–water partition coefficient (Wildman–Crippen LogP) is 5.79. The number of carbonyl (C=O) groups excluding carboxylic acids is 3. The number of aliphatic hydroxyl groups is 1. The second-order valence-corrected chi connectivity index (χ2v) is 15.0. The molecule has 1 aliphatic rings. The van der Waals surface area contributed by atoms with Gasteiger partial charge in [-0.15, -0.1) is 0 Å². The molecule has 1 saturated carbocycles. The lowest BCUT2D eigenvalue weighted by Crippen LogP contribution is -2.42. The van der Waals surface area contributed by atoms with E-state index in [4.69, 9.17) is 9.47 Å². The molecule has 2 rings (SSSR count). The zero-order valence-corrected chi connectivity index (χ0v) is 33.0. The maximum Gasteiger partial charge on any atom is 0.326 e. The van der Waals surface area contributed by atoms with Crippen LogP contribution in [0.25, 0.3) is 0 Å². The smallest absolute Gasteiger partial charge is 0.326 e. The summed E-state index contributed by atoms with van der Waals surface area (Å²) >= 11 is 0. The molecule has 54 heavy (non-hydrogen) atoms. The van der Waals surface area contributed by atoms with Gasteiger partial charge in [-0.3, -0.25) is 14.9 Å². The number of nitrogens with one attached hydrogen (secondary N) is 4. The summed E-state index contributed by atoms with van der Waals surface area (Å²) < 4.78 is 11.1. The van der Waals surface area contributed by atoms with E-state index in [0.29, 0.717) is 64.1 Å². The summed E-state index contributed by atoms with van der Waals surface area (Å²) in [6, 6.07) is -1.30. The van der Waals surface area contributed by atoms with Crippen LogP contribution < -0.4 is 16.0 Å². The molecule has 13 nitrogen and oxygen atoms in total. The Morgan fingerprint density at radius 1 is 0.759 bits per heavy atom. The van der Waals surface area contributed by atoms with Crippen molar-refractivity contribution in [3.8, 4) is 0 Å². The van der Waals surface area contributed by atoms with Gasteiger partial charge in [0.25, 0.3) is 0 Å². The van der Waals surface area contributed by atoms with Crippen molar-refractivity contribution in [3.05, 3.63) is 18.2 Å². The molecule has 1 fully saturated rings. The van der Waals surface area contributed by atoms with Gasteiger partial charge in [0.2, 0.25) is 5.91 Å². The Balaban J connectivity index is 1.31. The molecule has 1 aromatic rings. The molecule has 0 aliphatic heterocycles. The number of ketones is 1. The standard InChI is InChI=1S/C41H73N5O8/c47-32-36(30-35-31-42-33-45-35)43-24-17-26-53-28-29-54-27-25-44-39(49)23-22-37(41(51)52)46-40(50)19-16-14-12-10-8-6-4-2-1-3-5-7-9-11-13-15-18-38(48)34-20-21-34/h31-34,36-37,39,43-44,49H,1-30H2,(H,42,45)(H,46,50)(H,51,52). The van der Waals surface area contributed by atoms with Crippen LogP contribution in [-0.4, -0.2) is 102 Å². The third kappa shape index (κ3) is 27.0. The Labute approximate surface area is 324 Å². The third-order valence-corrected chi connectivity index (χ3v) is 10.0. The number of carboxylic acids is 1. The number of aromatic nitrogens is 2. The number of aromatic amines is 1. The fraction of sp³-hybridized carbons (Fsp3) is 0.829. The molecule has 0 radical (unpaired) electrons. The number of hydrogen-bond acceptors (Lipinski definition) is 10. The number of aliphatic hydroxyl groups excluding tert-OH is 1. The normalized spacial score (nSPS) is 14.5. The number of ether oxygens (including phenoxy) is 2. The SMILES string of the molecule is O=CC(Cc1cnc[nH]1)NCCCOCCOCCNC(O)CCC(NC(=O)CCCCCCCCCCCCCCCCCCC(=O)C1CC1)C(=O)O. The van der Waals surface area contributed by atoms with Gasteiger partial charge in [-0.25, -0.2) is 9.78 Å². The minimum Gasteiger partial charge on any atom is -0.480 e. The van der Waals surface area contributed by atoms with Crippen molar-refractivity contribution in [2.75, 3.05) is 39.5 Å². The molecule has 0 spiro atoms. The zero-order valence-electron chi connectivity index (χ0n) is 33.0. The number of unbranched alkanes of at least 4 members (excludes halogenated alkanes) is 15. The van der Waals surface area contributed by atoms with Crippen molar-refractivity contribution in [2.45, 2.75) is 172 Å². The highest BCUT2D eigenvalue weighted by atomic mass is 16.5. The second kappa shape index (κ2) is 32.5. The molecule has 3 atom stereocenters. The van der Waals surface area contributed by atoms with Crippen molar-refractivity contribution in [1.82, 2.24) is 25.9 Å². The Kier molecular flexibility index (Phi) is 28.6. The molecule has 1 heterocycles. The van der Waals surface area contributed by atoms with Crippen molar-refractivity contribution in [3.63, 3.8) is 0 Å². The number of hydrogen-bond donors (Lipinski definition) is 6. The maximum atomic E-state index is 12.4. The molecule has 13 heteroatoms. The van der Waals surface area contributed by atoms with Gasteiger partial charge < -0.3 is 40.1 Å². The van der Waals surface area contributed by atoms with E-state index in [0.717, 1.165) is 63.3 Å². The number of nitrogens with zero attached hydrogens (tertiary/aromatic N) is 1. The first-order chi connectivity index (χ1) is 26.4. The van der Waals surface area contributed by atoms with Crippen molar-refractivity contribution >= 4 is 23.9 Å². The Morgan fingerprint density at radius 3 is 1.87 bits per heavy atom. The van der Waals surface area contributed by atoms with Crippen LogP contribution in [0.5, 0.6) is 0 Å². The van der Waals surface area contributed by atoms with Gasteiger partial charge in [0, 0.05) is 50.2 Å². The predicted molar refractivity (Wildman–Crippen MR) is 210 cm³/mol. The summed E-state index contributed by atoms with van der Waals surface area (Å²) in [7, 11) is 0. The number of H-pyrrole nitrogens is 1. The minimum absolute atomic E-state index is 0.125. The summed E-state index contributed by atoms with van der Waals surface area (Å²) in [6.45, 7) is 2.79. The Bertz CT molecular complexity index is 1090. The van der Waals surface area contributed by atoms with Crippen molar-refractivity contribution in [2.24, 2.45) is 5.92 Å². The van der Waals surface area contributed by atoms with Crippen LogP contribution in [0, 0.1) is 5.92 Å². The highest BCUT2D eigenvalue weighted by molar-refractivity contribution is 5.83. The summed E-state index contributed by atoms with van der Waals surface area (Å²) in [4.78, 5) is 53.9. The molecule has 310 valence electrons. The molecule has 0 saturated heterocycles. The first-order valence-electron chi connectivity index (χ1n) is 21.2. The average molecular weight is 764 g/mol. The lowest BCUT2D eigenvalue weighted by molar-refractivity contribution is -0.142. The third-order valence-electron chi connectivity index (χ3n) is 10.0. The number of imidazole rings is 1. The van der Waals surface area contributed by atoms with Crippen molar-refractivity contribution in [1.29, 1.82) is 0 Å². The van der Waals surface area contributed by atoms with Crippen LogP contribution in [-0.2, 0) is 35.1 Å². The highest BCUT2D eigenvalue weighted by Crippen LogP contribution is 2.31. The Hall–Kier alpha value is -2.71. The van der Waals surface area contributed by atoms with Crippen LogP contribution in [0.3, 0.4) is 0 Å². The first-order valence-corrected chi connectivity index (χ1v) is 21.2. The molecule has 0 bridgehead atoms. The summed E-state index contributed by atoms with van der Waals surface area (Å²) in [5.74, 6) is -0.424. The highest BCUT2D eigenvalue weighted by Gasteiger charge is 2.28. The topological polar surface area (TPSA) is 192 Å². The van der Waals surface area contributed by atoms with E-state index >= 15 is 0 Å². The summed E-state index contributed by atoms with van der Waals surface area (Å²) in [5.41, 5.74) is 0.904. The van der Waals surface area contributed by atoms with E-state index in [1.54, 1.807) is 12.5 Å². The molecular formula is C41H73N5O8. The number of rotatable bonds is 40. The van der Waals surface area contributed by atoms with Gasteiger partial charge in [-0.05, 0) is 51.5 Å². The molecule has 1 amide bonds. The van der Waals surface area contributed by atoms with Gasteiger partial charge in [-0.1, -0.05) is 89.9 Å². The number of aliphatic carboxylic acids is 1. The quantitative estimate of drug-likeness (QED) is 0.0269. The number of carboxylic acid groups (broad SMARTS) is 1. The van der Waals surface area contributed by atoms with Crippen LogP contribution in [0.15, 0.2) is 12.5 Å². The van der Waals surface area contributed by atoms with Crippen molar-refractivity contribution < 1.29 is 38.9 Å². The summed E-state index contributed by atoms with van der Waals surface area (Å²) in [6.07, 6.45) is 27.6. The van der Waals surface area contributed by atoms with Crippen LogP contribution in [0.4, 0.5) is 0 Å². The second-order valence-electron chi connectivity index (χ2n) is 15.0. The molecule has 1 aliphatic carbocycles. The van der Waals surface area contributed by atoms with Gasteiger partial charge in [0.1, 0.15) is 24.3 Å². The zero-order chi connectivity index (χ0) is 38.9. The molecule has 6 N–H and O–H groups in total. The lowest BCUT2D eigenvalue weighted by Gasteiger charge is -2.18. The van der Waals surface area contributed by atoms with Gasteiger partial charge in [0.05, 0.1) is 32.2 Å². The number of aldehydes is 1. The number of amides is 1. The fourth-order valence-corrected chi connectivity index (χ4v) is 6.50. The van der Waals surface area contributed by atoms with E-state index < -0.39 is 18.2 Å². The Morgan fingerprint density at radius 2 is 1.33 bits per heavy atom. The fourth-order valence-electron chi connectivity index (χ4n) is 6.50. The van der Waals surface area contributed by atoms with E-state index in [9.17, 15) is 29.4 Å². The van der Waals surface area contributed by atoms with Gasteiger partial charge in [0.15, 0.2) is 0 Å². The van der Waals surface area contributed by atoms with Gasteiger partial charge >= 0.3 is 5.97 Å². The van der Waals surface area contributed by atoms with E-state index in [-0.39, 0.29) is 24.8 Å². The minimum atomic E-state index is -1.10. The number of carbonyl (C=O) groups is 4. The molecule has 1 aromatic heterocycles. The van der Waals surface area contributed by atoms with Gasteiger partial charge in [-0.2, -0.15) is 0 Å². The lowest BCUT2D eigenvalue weighted by atomic mass is 10.0. The first kappa shape index (κ1) is 47.4.